The Morgan fingerprint density at radius 2 is 2.24 bits per heavy atom. The Morgan fingerprint density at radius 1 is 1.41 bits per heavy atom. The minimum atomic E-state index is 0.876. The maximum absolute atomic E-state index is 4.30. The van der Waals surface area contributed by atoms with Crippen LogP contribution in [0.5, 0.6) is 0 Å². The van der Waals surface area contributed by atoms with Crippen LogP contribution in [0, 0.1) is 3.57 Å². The van der Waals surface area contributed by atoms with Crippen LogP contribution in [-0.4, -0.2) is 16.3 Å². The lowest BCUT2D eigenvalue weighted by Crippen LogP contribution is -2.12. The zero-order valence-corrected chi connectivity index (χ0v) is 12.8. The van der Waals surface area contributed by atoms with Gasteiger partial charge < -0.3 is 5.32 Å². The van der Waals surface area contributed by atoms with Gasteiger partial charge in [0.15, 0.2) is 0 Å². The van der Waals surface area contributed by atoms with Crippen LogP contribution in [-0.2, 0) is 13.1 Å². The predicted molar refractivity (Wildman–Crippen MR) is 80.4 cm³/mol. The maximum atomic E-state index is 4.30. The molecule has 0 aliphatic carbocycles. The van der Waals surface area contributed by atoms with Gasteiger partial charge in [-0.2, -0.15) is 5.10 Å². The third-order valence-electron chi connectivity index (χ3n) is 2.36. The van der Waals surface area contributed by atoms with Crippen LogP contribution in [0.3, 0.4) is 0 Å². The lowest BCUT2D eigenvalue weighted by Gasteiger charge is -1.99. The van der Waals surface area contributed by atoms with E-state index in [1.54, 1.807) is 0 Å². The SMILES string of the molecule is CCCNCc1ccc(Cn2cc(I)cn2)s1. The van der Waals surface area contributed by atoms with Crippen LogP contribution in [0.4, 0.5) is 0 Å². The lowest BCUT2D eigenvalue weighted by atomic mass is 10.4. The van der Waals surface area contributed by atoms with E-state index in [1.165, 1.54) is 19.7 Å². The Labute approximate surface area is 119 Å². The standard InChI is InChI=1S/C12H16IN3S/c1-2-5-14-7-11-3-4-12(17-11)9-16-8-10(13)6-15-16/h3-4,6,8,14H,2,5,7,9H2,1H3. The Balaban J connectivity index is 1.89. The number of halogens is 1. The third kappa shape index (κ3) is 4.08. The van der Waals surface area contributed by atoms with Crippen LogP contribution >= 0.6 is 33.9 Å². The maximum Gasteiger partial charge on any atom is 0.0752 e. The van der Waals surface area contributed by atoms with Gasteiger partial charge in [0, 0.05) is 22.5 Å². The van der Waals surface area contributed by atoms with Crippen molar-refractivity contribution >= 4 is 33.9 Å². The van der Waals surface area contributed by atoms with Crippen molar-refractivity contribution in [1.82, 2.24) is 15.1 Å². The number of thiophene rings is 1. The molecule has 0 spiro atoms. The summed E-state index contributed by atoms with van der Waals surface area (Å²) < 4.78 is 3.17. The van der Waals surface area contributed by atoms with Crippen LogP contribution in [0.15, 0.2) is 24.5 Å². The smallest absolute Gasteiger partial charge is 0.0752 e. The zero-order chi connectivity index (χ0) is 12.1. The molecule has 17 heavy (non-hydrogen) atoms. The third-order valence-corrected chi connectivity index (χ3v) is 3.99. The summed E-state index contributed by atoms with van der Waals surface area (Å²) in [6.45, 7) is 5.13. The molecule has 2 aromatic rings. The second-order valence-electron chi connectivity index (χ2n) is 3.90. The number of hydrogen-bond donors (Lipinski definition) is 1. The molecule has 0 aliphatic heterocycles. The highest BCUT2D eigenvalue weighted by molar-refractivity contribution is 14.1. The van der Waals surface area contributed by atoms with Crippen molar-refractivity contribution in [3.05, 3.63) is 37.9 Å². The van der Waals surface area contributed by atoms with E-state index in [4.69, 9.17) is 0 Å². The first-order chi connectivity index (χ1) is 8.28. The Morgan fingerprint density at radius 3 is 2.94 bits per heavy atom. The van der Waals surface area contributed by atoms with Gasteiger partial charge in [0.2, 0.25) is 0 Å². The molecule has 2 heterocycles. The van der Waals surface area contributed by atoms with E-state index in [9.17, 15) is 0 Å². The van der Waals surface area contributed by atoms with E-state index >= 15 is 0 Å². The largest absolute Gasteiger partial charge is 0.312 e. The second kappa shape index (κ2) is 6.51. The molecule has 3 nitrogen and oxygen atoms in total. The fraction of sp³-hybridized carbons (Fsp3) is 0.417. The van der Waals surface area contributed by atoms with E-state index in [0.29, 0.717) is 0 Å². The highest BCUT2D eigenvalue weighted by Gasteiger charge is 2.02. The molecule has 2 aromatic heterocycles. The average molecular weight is 361 g/mol. The van der Waals surface area contributed by atoms with Crippen molar-refractivity contribution in [2.45, 2.75) is 26.4 Å². The normalized spacial score (nSPS) is 10.9. The van der Waals surface area contributed by atoms with Gasteiger partial charge in [-0.1, -0.05) is 6.92 Å². The fourth-order valence-electron chi connectivity index (χ4n) is 1.58. The molecule has 0 saturated heterocycles. The first-order valence-electron chi connectivity index (χ1n) is 5.74. The summed E-state index contributed by atoms with van der Waals surface area (Å²) >= 11 is 4.14. The van der Waals surface area contributed by atoms with Crippen LogP contribution in [0.25, 0.3) is 0 Å². The number of hydrogen-bond acceptors (Lipinski definition) is 3. The quantitative estimate of drug-likeness (QED) is 0.633. The molecule has 5 heteroatoms. The molecular formula is C12H16IN3S. The first-order valence-corrected chi connectivity index (χ1v) is 7.63. The van der Waals surface area contributed by atoms with Gasteiger partial charge in [-0.15, -0.1) is 11.3 Å². The van der Waals surface area contributed by atoms with E-state index < -0.39 is 0 Å². The lowest BCUT2D eigenvalue weighted by molar-refractivity contribution is 0.681. The molecule has 0 atom stereocenters. The van der Waals surface area contributed by atoms with Gasteiger partial charge in [0.05, 0.1) is 16.3 Å². The van der Waals surface area contributed by atoms with Crippen molar-refractivity contribution in [2.75, 3.05) is 6.54 Å². The predicted octanol–water partition coefficient (Wildman–Crippen LogP) is 3.10. The number of nitrogens with zero attached hydrogens (tertiary/aromatic N) is 2. The molecule has 0 unspecified atom stereocenters. The van der Waals surface area contributed by atoms with Crippen molar-refractivity contribution < 1.29 is 0 Å². The Kier molecular flexibility index (Phi) is 4.99. The molecule has 0 amide bonds. The van der Waals surface area contributed by atoms with Crippen molar-refractivity contribution in [1.29, 1.82) is 0 Å². The van der Waals surface area contributed by atoms with E-state index in [0.717, 1.165) is 19.6 Å². The minimum absolute atomic E-state index is 0.876. The molecule has 0 aliphatic rings. The highest BCUT2D eigenvalue weighted by Crippen LogP contribution is 2.17. The van der Waals surface area contributed by atoms with Gasteiger partial charge in [-0.3, -0.25) is 4.68 Å². The summed E-state index contributed by atoms with van der Waals surface area (Å²) in [5, 5.41) is 7.72. The summed E-state index contributed by atoms with van der Waals surface area (Å²) in [6, 6.07) is 4.40. The fourth-order valence-corrected chi connectivity index (χ4v) is 3.00. The van der Waals surface area contributed by atoms with Gasteiger partial charge in [-0.05, 0) is 47.7 Å². The van der Waals surface area contributed by atoms with Crippen molar-refractivity contribution in [3.8, 4) is 0 Å². The highest BCUT2D eigenvalue weighted by atomic mass is 127. The molecule has 0 fully saturated rings. The molecule has 0 radical (unpaired) electrons. The molecule has 2 rings (SSSR count). The van der Waals surface area contributed by atoms with Crippen LogP contribution in [0.2, 0.25) is 0 Å². The summed E-state index contributed by atoms with van der Waals surface area (Å²) in [5.74, 6) is 0. The van der Waals surface area contributed by atoms with E-state index in [1.807, 2.05) is 22.2 Å². The van der Waals surface area contributed by atoms with Crippen LogP contribution in [0.1, 0.15) is 23.1 Å². The van der Waals surface area contributed by atoms with Gasteiger partial charge in [0.1, 0.15) is 0 Å². The van der Waals surface area contributed by atoms with E-state index in [-0.39, 0.29) is 0 Å². The summed E-state index contributed by atoms with van der Waals surface area (Å²) in [5.41, 5.74) is 0. The van der Waals surface area contributed by atoms with Gasteiger partial charge >= 0.3 is 0 Å². The second-order valence-corrected chi connectivity index (χ2v) is 6.40. The van der Waals surface area contributed by atoms with Crippen molar-refractivity contribution in [2.24, 2.45) is 0 Å². The minimum Gasteiger partial charge on any atom is -0.312 e. The Hall–Kier alpha value is -0.400. The molecule has 1 N–H and O–H groups in total. The molecule has 0 aromatic carbocycles. The molecular weight excluding hydrogens is 345 g/mol. The summed E-state index contributed by atoms with van der Waals surface area (Å²) in [6.07, 6.45) is 5.14. The first kappa shape index (κ1) is 13.0. The molecule has 92 valence electrons. The van der Waals surface area contributed by atoms with Gasteiger partial charge in [-0.25, -0.2) is 0 Å². The zero-order valence-electron chi connectivity index (χ0n) is 9.82. The summed E-state index contributed by atoms with van der Waals surface area (Å²) in [4.78, 5) is 2.76. The van der Waals surface area contributed by atoms with Gasteiger partial charge in [0.25, 0.3) is 0 Å². The monoisotopic (exact) mass is 361 g/mol. The number of aromatic nitrogens is 2. The van der Waals surface area contributed by atoms with Crippen LogP contribution < -0.4 is 5.32 Å². The Bertz CT molecular complexity index is 464. The molecule has 0 bridgehead atoms. The number of nitrogens with one attached hydrogen (secondary N) is 1. The van der Waals surface area contributed by atoms with E-state index in [2.05, 4.69) is 58.3 Å². The average Bonchev–Trinajstić information content (AvgIpc) is 2.90. The summed E-state index contributed by atoms with van der Waals surface area (Å²) in [7, 11) is 0. The number of rotatable bonds is 6. The van der Waals surface area contributed by atoms with Crippen molar-refractivity contribution in [3.63, 3.8) is 0 Å². The molecule has 0 saturated carbocycles. The topological polar surface area (TPSA) is 29.9 Å².